The van der Waals surface area contributed by atoms with Crippen molar-refractivity contribution in [2.45, 2.75) is 26.3 Å². The number of carboxylic acids is 1. The lowest BCUT2D eigenvalue weighted by Crippen LogP contribution is -2.35. The normalized spacial score (nSPS) is 11.7. The monoisotopic (exact) mass is 441 g/mol. The summed E-state index contributed by atoms with van der Waals surface area (Å²) in [7, 11) is 1.48. The molecular formula is C22H23N3O5S. The van der Waals surface area contributed by atoms with Crippen LogP contribution in [0.25, 0.3) is 10.4 Å². The standard InChI is InChI=1S/C22H23N3O5S/c1-12-5-4-6-13(2)19(12)17-8-7-16(31-17)14(11-18(27)28)23-22(30)24-20-15(26)9-10-25(3)21(20)29/h4-10,14,26H,11H2,1-3H3,(H,27,28)(H2,23,24,30). The summed E-state index contributed by atoms with van der Waals surface area (Å²) < 4.78 is 1.21. The first-order valence-electron chi connectivity index (χ1n) is 9.51. The van der Waals surface area contributed by atoms with Gasteiger partial charge in [0.15, 0.2) is 5.69 Å². The van der Waals surface area contributed by atoms with Gasteiger partial charge in [0.25, 0.3) is 5.56 Å². The van der Waals surface area contributed by atoms with Crippen molar-refractivity contribution in [1.82, 2.24) is 9.88 Å². The van der Waals surface area contributed by atoms with Gasteiger partial charge in [0.05, 0.1) is 12.5 Å². The molecule has 3 rings (SSSR count). The molecule has 1 unspecified atom stereocenters. The van der Waals surface area contributed by atoms with Crippen LogP contribution in [0.2, 0.25) is 0 Å². The van der Waals surface area contributed by atoms with Crippen molar-refractivity contribution >= 4 is 29.0 Å². The number of aromatic nitrogens is 1. The number of carbonyl (C=O) groups is 2. The van der Waals surface area contributed by atoms with Crippen LogP contribution in [0.1, 0.15) is 28.5 Å². The third kappa shape index (κ3) is 4.95. The summed E-state index contributed by atoms with van der Waals surface area (Å²) in [5, 5.41) is 24.1. The zero-order valence-corrected chi connectivity index (χ0v) is 18.1. The number of benzene rings is 1. The number of rotatable bonds is 6. The van der Waals surface area contributed by atoms with Crippen molar-refractivity contribution in [2.75, 3.05) is 5.32 Å². The molecule has 0 aliphatic carbocycles. The summed E-state index contributed by atoms with van der Waals surface area (Å²) in [6.07, 6.45) is 1.04. The van der Waals surface area contributed by atoms with Crippen molar-refractivity contribution in [3.8, 4) is 16.2 Å². The highest BCUT2D eigenvalue weighted by Crippen LogP contribution is 2.36. The summed E-state index contributed by atoms with van der Waals surface area (Å²) in [6, 6.07) is 9.38. The Balaban J connectivity index is 1.86. The minimum atomic E-state index is -1.08. The second-order valence-corrected chi connectivity index (χ2v) is 8.33. The quantitative estimate of drug-likeness (QED) is 0.464. The first-order chi connectivity index (χ1) is 14.7. The molecule has 0 aliphatic heterocycles. The van der Waals surface area contributed by atoms with Crippen LogP contribution >= 0.6 is 11.3 Å². The van der Waals surface area contributed by atoms with Gasteiger partial charge in [0.2, 0.25) is 0 Å². The van der Waals surface area contributed by atoms with Gasteiger partial charge >= 0.3 is 12.0 Å². The SMILES string of the molecule is Cc1cccc(C)c1-c1ccc(C(CC(=O)O)NC(=O)Nc2c(O)ccn(C)c2=O)s1. The van der Waals surface area contributed by atoms with Gasteiger partial charge in [-0.2, -0.15) is 0 Å². The van der Waals surface area contributed by atoms with Crippen LogP contribution in [0.3, 0.4) is 0 Å². The molecular weight excluding hydrogens is 418 g/mol. The fraction of sp³-hybridized carbons (Fsp3) is 0.227. The van der Waals surface area contributed by atoms with Gasteiger partial charge in [-0.25, -0.2) is 4.79 Å². The molecule has 2 aromatic heterocycles. The summed E-state index contributed by atoms with van der Waals surface area (Å²) >= 11 is 1.40. The van der Waals surface area contributed by atoms with E-state index in [1.807, 2.05) is 38.1 Å². The summed E-state index contributed by atoms with van der Waals surface area (Å²) in [5.74, 6) is -1.45. The van der Waals surface area contributed by atoms with E-state index in [0.29, 0.717) is 4.88 Å². The molecule has 1 aromatic carbocycles. The molecule has 2 amide bonds. The number of aliphatic carboxylic acids is 1. The van der Waals surface area contributed by atoms with Gasteiger partial charge in [-0.1, -0.05) is 18.2 Å². The molecule has 31 heavy (non-hydrogen) atoms. The van der Waals surface area contributed by atoms with E-state index in [1.165, 1.54) is 35.2 Å². The van der Waals surface area contributed by atoms with Crippen LogP contribution in [0.4, 0.5) is 10.5 Å². The molecule has 0 saturated carbocycles. The number of aromatic hydroxyl groups is 1. The zero-order chi connectivity index (χ0) is 22.7. The minimum absolute atomic E-state index is 0.279. The second-order valence-electron chi connectivity index (χ2n) is 7.21. The number of urea groups is 1. The number of nitrogens with one attached hydrogen (secondary N) is 2. The van der Waals surface area contributed by atoms with Crippen molar-refractivity contribution in [3.63, 3.8) is 0 Å². The number of carboxylic acid groups (broad SMARTS) is 1. The Morgan fingerprint density at radius 1 is 1.13 bits per heavy atom. The van der Waals surface area contributed by atoms with E-state index in [1.54, 1.807) is 6.07 Å². The number of hydrogen-bond donors (Lipinski definition) is 4. The van der Waals surface area contributed by atoms with Gasteiger partial charge in [-0.15, -0.1) is 11.3 Å². The molecule has 0 fully saturated rings. The first kappa shape index (κ1) is 22.1. The van der Waals surface area contributed by atoms with Crippen LogP contribution in [0.5, 0.6) is 5.75 Å². The largest absolute Gasteiger partial charge is 0.505 e. The molecule has 0 radical (unpaired) electrons. The Bertz CT molecular complexity index is 1180. The molecule has 0 aliphatic rings. The van der Waals surface area contributed by atoms with Gasteiger partial charge < -0.3 is 25.4 Å². The highest BCUT2D eigenvalue weighted by Gasteiger charge is 2.22. The van der Waals surface area contributed by atoms with E-state index in [9.17, 15) is 24.6 Å². The molecule has 0 saturated heterocycles. The average Bonchev–Trinajstić information content (AvgIpc) is 3.17. The Hall–Kier alpha value is -3.59. The maximum absolute atomic E-state index is 12.5. The summed E-state index contributed by atoms with van der Waals surface area (Å²) in [4.78, 5) is 37.7. The lowest BCUT2D eigenvalue weighted by Gasteiger charge is -2.17. The maximum Gasteiger partial charge on any atom is 0.320 e. The smallest absolute Gasteiger partial charge is 0.320 e. The molecule has 3 aromatic rings. The molecule has 9 heteroatoms. The Morgan fingerprint density at radius 3 is 2.45 bits per heavy atom. The van der Waals surface area contributed by atoms with Crippen LogP contribution in [0.15, 0.2) is 47.4 Å². The fourth-order valence-corrected chi connectivity index (χ4v) is 4.55. The third-order valence-corrected chi connectivity index (χ3v) is 6.08. The van der Waals surface area contributed by atoms with Crippen LogP contribution < -0.4 is 16.2 Å². The predicted molar refractivity (Wildman–Crippen MR) is 120 cm³/mol. The van der Waals surface area contributed by atoms with E-state index in [2.05, 4.69) is 10.6 Å². The third-order valence-electron chi connectivity index (χ3n) is 4.87. The molecule has 162 valence electrons. The van der Waals surface area contributed by atoms with Crippen LogP contribution in [-0.2, 0) is 11.8 Å². The predicted octanol–water partition coefficient (Wildman–Crippen LogP) is 3.77. The topological polar surface area (TPSA) is 121 Å². The second kappa shape index (κ2) is 9.05. The summed E-state index contributed by atoms with van der Waals surface area (Å²) in [6.45, 7) is 4.02. The number of anilines is 1. The number of amides is 2. The van der Waals surface area contributed by atoms with E-state index in [0.717, 1.165) is 21.6 Å². The number of hydrogen-bond acceptors (Lipinski definition) is 5. The van der Waals surface area contributed by atoms with Crippen molar-refractivity contribution < 1.29 is 19.8 Å². The molecule has 8 nitrogen and oxygen atoms in total. The fourth-order valence-electron chi connectivity index (χ4n) is 3.32. The van der Waals surface area contributed by atoms with Gasteiger partial charge in [0, 0.05) is 23.0 Å². The highest BCUT2D eigenvalue weighted by atomic mass is 32.1. The Morgan fingerprint density at radius 2 is 1.81 bits per heavy atom. The molecule has 4 N–H and O–H groups in total. The van der Waals surface area contributed by atoms with E-state index < -0.39 is 23.6 Å². The van der Waals surface area contributed by atoms with Crippen molar-refractivity contribution in [2.24, 2.45) is 7.05 Å². The molecule has 1 atom stereocenters. The molecule has 0 spiro atoms. The van der Waals surface area contributed by atoms with Crippen LogP contribution in [0, 0.1) is 13.8 Å². The lowest BCUT2D eigenvalue weighted by molar-refractivity contribution is -0.137. The highest BCUT2D eigenvalue weighted by molar-refractivity contribution is 7.15. The Kier molecular flexibility index (Phi) is 6.45. The van der Waals surface area contributed by atoms with Crippen molar-refractivity contribution in [1.29, 1.82) is 0 Å². The molecule has 2 heterocycles. The number of thiophene rings is 1. The number of pyridine rings is 1. The summed E-state index contributed by atoms with van der Waals surface area (Å²) in [5.41, 5.74) is 2.42. The van der Waals surface area contributed by atoms with Gasteiger partial charge in [0.1, 0.15) is 5.75 Å². The van der Waals surface area contributed by atoms with Gasteiger partial charge in [-0.3, -0.25) is 9.59 Å². The lowest BCUT2D eigenvalue weighted by atomic mass is 10.0. The number of carbonyl (C=O) groups excluding carboxylic acids is 1. The average molecular weight is 442 g/mol. The number of aryl methyl sites for hydroxylation is 3. The van der Waals surface area contributed by atoms with Crippen molar-refractivity contribution in [3.05, 3.63) is 69.0 Å². The first-order valence-corrected chi connectivity index (χ1v) is 10.3. The van der Waals surface area contributed by atoms with E-state index >= 15 is 0 Å². The number of nitrogens with zero attached hydrogens (tertiary/aromatic N) is 1. The minimum Gasteiger partial charge on any atom is -0.505 e. The van der Waals surface area contributed by atoms with Gasteiger partial charge in [-0.05, 0) is 48.7 Å². The Labute approximate surface area is 182 Å². The maximum atomic E-state index is 12.5. The zero-order valence-electron chi connectivity index (χ0n) is 17.3. The van der Waals surface area contributed by atoms with Crippen LogP contribution in [-0.4, -0.2) is 26.8 Å². The van der Waals surface area contributed by atoms with E-state index in [-0.39, 0.29) is 17.9 Å². The molecule has 0 bridgehead atoms. The van der Waals surface area contributed by atoms with E-state index in [4.69, 9.17) is 0 Å².